The molecular weight excluding hydrogens is 334 g/mol. The zero-order valence-electron chi connectivity index (χ0n) is 14.2. The topological polar surface area (TPSA) is 97.7 Å². The quantitative estimate of drug-likeness (QED) is 0.575. The number of aryl methyl sites for hydroxylation is 2. The first-order chi connectivity index (χ1) is 12.4. The van der Waals surface area contributed by atoms with Crippen molar-refractivity contribution in [1.29, 1.82) is 0 Å². The smallest absolute Gasteiger partial charge is 0.279 e. The molecule has 0 bridgehead atoms. The van der Waals surface area contributed by atoms with Gasteiger partial charge in [0, 0.05) is 29.8 Å². The SMILES string of the molecule is CCc1cccc2c(C3=c4cc([N+](=O)[O-])ccc4=NC3=O)c(O)n(C)c12. The predicted octanol–water partition coefficient (Wildman–Crippen LogP) is 1.71. The van der Waals surface area contributed by atoms with Gasteiger partial charge < -0.3 is 9.67 Å². The molecule has 7 heteroatoms. The molecule has 1 aliphatic rings. The summed E-state index contributed by atoms with van der Waals surface area (Å²) in [6, 6.07) is 9.78. The van der Waals surface area contributed by atoms with Crippen molar-refractivity contribution in [1.82, 2.24) is 4.57 Å². The van der Waals surface area contributed by atoms with Crippen LogP contribution in [0, 0.1) is 10.1 Å². The normalized spacial score (nSPS) is 13.2. The Bertz CT molecular complexity index is 1240. The molecule has 0 atom stereocenters. The van der Waals surface area contributed by atoms with Crippen LogP contribution in [0.15, 0.2) is 41.4 Å². The van der Waals surface area contributed by atoms with E-state index in [0.29, 0.717) is 16.1 Å². The van der Waals surface area contributed by atoms with Crippen LogP contribution < -0.4 is 10.6 Å². The highest BCUT2D eigenvalue weighted by Crippen LogP contribution is 2.37. The second-order valence-corrected chi connectivity index (χ2v) is 6.17. The number of hydrogen-bond acceptors (Lipinski definition) is 4. The van der Waals surface area contributed by atoms with Crippen molar-refractivity contribution < 1.29 is 14.8 Å². The van der Waals surface area contributed by atoms with Crippen molar-refractivity contribution in [3.05, 3.63) is 68.2 Å². The van der Waals surface area contributed by atoms with Gasteiger partial charge in [0.25, 0.3) is 11.6 Å². The van der Waals surface area contributed by atoms with Crippen molar-refractivity contribution in [2.24, 2.45) is 12.0 Å². The molecule has 1 amide bonds. The number of amides is 1. The van der Waals surface area contributed by atoms with Gasteiger partial charge in [-0.15, -0.1) is 0 Å². The number of hydrogen-bond donors (Lipinski definition) is 1. The molecule has 2 heterocycles. The second kappa shape index (κ2) is 5.52. The zero-order chi connectivity index (χ0) is 18.6. The summed E-state index contributed by atoms with van der Waals surface area (Å²) in [4.78, 5) is 27.2. The lowest BCUT2D eigenvalue weighted by Gasteiger charge is -2.02. The van der Waals surface area contributed by atoms with Crippen LogP contribution in [0.2, 0.25) is 0 Å². The number of carbonyl (C=O) groups is 1. The number of nitro groups is 1. The first kappa shape index (κ1) is 16.0. The molecule has 1 aliphatic heterocycles. The maximum Gasteiger partial charge on any atom is 0.279 e. The van der Waals surface area contributed by atoms with Gasteiger partial charge in [-0.1, -0.05) is 25.1 Å². The molecule has 1 aromatic heterocycles. The summed E-state index contributed by atoms with van der Waals surface area (Å²) in [5.74, 6) is -0.566. The number of para-hydroxylation sites is 1. The van der Waals surface area contributed by atoms with Crippen LogP contribution in [-0.4, -0.2) is 20.5 Å². The van der Waals surface area contributed by atoms with Crippen molar-refractivity contribution in [3.63, 3.8) is 0 Å². The lowest BCUT2D eigenvalue weighted by molar-refractivity contribution is -0.385. The Morgan fingerprint density at radius 1 is 1.27 bits per heavy atom. The van der Waals surface area contributed by atoms with Gasteiger partial charge in [-0.25, -0.2) is 4.99 Å². The molecule has 0 unspecified atom stereocenters. The summed E-state index contributed by atoms with van der Waals surface area (Å²) in [5.41, 5.74) is 2.31. The highest BCUT2D eigenvalue weighted by atomic mass is 16.6. The van der Waals surface area contributed by atoms with Crippen LogP contribution in [0.4, 0.5) is 5.69 Å². The molecule has 0 radical (unpaired) electrons. The summed E-state index contributed by atoms with van der Waals surface area (Å²) >= 11 is 0. The summed E-state index contributed by atoms with van der Waals surface area (Å²) in [6.45, 7) is 2.01. The lowest BCUT2D eigenvalue weighted by Crippen LogP contribution is -2.23. The molecule has 130 valence electrons. The van der Waals surface area contributed by atoms with Crippen LogP contribution in [0.5, 0.6) is 5.88 Å². The molecule has 7 nitrogen and oxygen atoms in total. The summed E-state index contributed by atoms with van der Waals surface area (Å²) < 4.78 is 1.64. The summed E-state index contributed by atoms with van der Waals surface area (Å²) in [5, 5.41) is 23.3. The Hall–Kier alpha value is -3.48. The Balaban J connectivity index is 2.17. The van der Waals surface area contributed by atoms with E-state index in [2.05, 4.69) is 4.99 Å². The molecule has 3 aromatic rings. The van der Waals surface area contributed by atoms with E-state index < -0.39 is 10.8 Å². The molecule has 2 aromatic carbocycles. The third-order valence-electron chi connectivity index (χ3n) is 4.79. The Morgan fingerprint density at radius 2 is 2.04 bits per heavy atom. The first-order valence-electron chi connectivity index (χ1n) is 8.15. The van der Waals surface area contributed by atoms with E-state index in [0.717, 1.165) is 22.9 Å². The van der Waals surface area contributed by atoms with Crippen LogP contribution in [0.25, 0.3) is 16.5 Å². The number of nitrogens with zero attached hydrogens (tertiary/aromatic N) is 3. The Labute approximate surface area is 147 Å². The number of nitro benzene ring substituents is 1. The maximum absolute atomic E-state index is 12.6. The fourth-order valence-corrected chi connectivity index (χ4v) is 3.57. The second-order valence-electron chi connectivity index (χ2n) is 6.17. The third kappa shape index (κ3) is 2.07. The number of aromatic nitrogens is 1. The van der Waals surface area contributed by atoms with Gasteiger partial charge in [0.1, 0.15) is 0 Å². The van der Waals surface area contributed by atoms with Crippen molar-refractivity contribution in [3.8, 4) is 5.88 Å². The molecule has 0 fully saturated rings. The number of fused-ring (bicyclic) bond motifs is 2. The van der Waals surface area contributed by atoms with Gasteiger partial charge >= 0.3 is 0 Å². The van der Waals surface area contributed by atoms with Gasteiger partial charge in [-0.2, -0.15) is 0 Å². The van der Waals surface area contributed by atoms with Crippen LogP contribution in [0.3, 0.4) is 0 Å². The number of benzene rings is 2. The highest BCUT2D eigenvalue weighted by molar-refractivity contribution is 6.25. The number of non-ortho nitro benzene ring substituents is 1. The minimum absolute atomic E-state index is 0.0567. The third-order valence-corrected chi connectivity index (χ3v) is 4.79. The Kier molecular flexibility index (Phi) is 3.40. The monoisotopic (exact) mass is 349 g/mol. The lowest BCUT2D eigenvalue weighted by atomic mass is 10.00. The van der Waals surface area contributed by atoms with Crippen LogP contribution in [0.1, 0.15) is 18.1 Å². The summed E-state index contributed by atoms with van der Waals surface area (Å²) in [7, 11) is 1.73. The van der Waals surface area contributed by atoms with Crippen LogP contribution >= 0.6 is 0 Å². The molecule has 1 N–H and O–H groups in total. The van der Waals surface area contributed by atoms with Gasteiger partial charge in [0.15, 0.2) is 5.88 Å². The van der Waals surface area contributed by atoms with Gasteiger partial charge in [-0.3, -0.25) is 14.9 Å². The van der Waals surface area contributed by atoms with Gasteiger partial charge in [-0.05, 0) is 18.1 Å². The average molecular weight is 349 g/mol. The molecule has 4 rings (SSSR count). The van der Waals surface area contributed by atoms with E-state index in [1.807, 2.05) is 25.1 Å². The van der Waals surface area contributed by atoms with Gasteiger partial charge in [0.05, 0.1) is 26.9 Å². The van der Waals surface area contributed by atoms with E-state index >= 15 is 0 Å². The van der Waals surface area contributed by atoms with E-state index in [1.54, 1.807) is 11.6 Å². The van der Waals surface area contributed by atoms with Gasteiger partial charge in [0.2, 0.25) is 0 Å². The molecule has 0 spiro atoms. The fraction of sp³-hybridized carbons (Fsp3) is 0.158. The van der Waals surface area contributed by atoms with Crippen molar-refractivity contribution >= 4 is 28.1 Å². The average Bonchev–Trinajstić information content (AvgIpc) is 3.08. The zero-order valence-corrected chi connectivity index (χ0v) is 14.2. The minimum Gasteiger partial charge on any atom is -0.494 e. The van der Waals surface area contributed by atoms with Crippen LogP contribution in [-0.2, 0) is 18.3 Å². The standard InChI is InChI=1S/C19H15N3O4/c1-3-10-5-4-6-12-16(19(24)21(2)17(10)12)15-13-9-11(22(25)26)7-8-14(13)20-18(15)23/h4-9,24H,3H2,1-2H3. The molecular formula is C19H15N3O4. The largest absolute Gasteiger partial charge is 0.494 e. The maximum atomic E-state index is 12.6. The minimum atomic E-state index is -0.515. The highest BCUT2D eigenvalue weighted by Gasteiger charge is 2.27. The predicted molar refractivity (Wildman–Crippen MR) is 95.4 cm³/mol. The van der Waals surface area contributed by atoms with Crippen molar-refractivity contribution in [2.45, 2.75) is 13.3 Å². The number of rotatable bonds is 3. The fourth-order valence-electron chi connectivity index (χ4n) is 3.57. The number of aromatic hydroxyl groups is 1. The van der Waals surface area contributed by atoms with E-state index in [9.17, 15) is 20.0 Å². The number of carbonyl (C=O) groups excluding carboxylic acids is 1. The van der Waals surface area contributed by atoms with Crippen molar-refractivity contribution in [2.75, 3.05) is 0 Å². The first-order valence-corrected chi connectivity index (χ1v) is 8.15. The molecule has 26 heavy (non-hydrogen) atoms. The van der Waals surface area contributed by atoms with E-state index in [4.69, 9.17) is 0 Å². The summed E-state index contributed by atoms with van der Waals surface area (Å²) in [6.07, 6.45) is 0.768. The van der Waals surface area contributed by atoms with E-state index in [1.165, 1.54) is 18.2 Å². The Morgan fingerprint density at radius 3 is 2.73 bits per heavy atom. The molecule has 0 aliphatic carbocycles. The molecule has 0 saturated heterocycles. The molecule has 0 saturated carbocycles. The van der Waals surface area contributed by atoms with E-state index in [-0.39, 0.29) is 17.1 Å².